The van der Waals surface area contributed by atoms with Gasteiger partial charge in [-0.2, -0.15) is 0 Å². The molecule has 0 radical (unpaired) electrons. The molecule has 0 amide bonds. The second-order valence-corrected chi connectivity index (χ2v) is 6.57. The second kappa shape index (κ2) is 3.97. The average Bonchev–Trinajstić information content (AvgIpc) is 2.25. The van der Waals surface area contributed by atoms with Crippen molar-refractivity contribution in [3.8, 4) is 0 Å². The molecular weight excluding hydrogens is 232 g/mol. The topological polar surface area (TPSA) is 63.6 Å². The van der Waals surface area contributed by atoms with E-state index in [1.807, 2.05) is 0 Å². The minimum absolute atomic E-state index is 0.312. The number of carboxylic acids is 1. The SMILES string of the molecule is COC(=O)[C@H](C(=O)O)C12CC3CC(CC(C3)C1)C2. The van der Waals surface area contributed by atoms with Gasteiger partial charge in [0.2, 0.25) is 0 Å². The number of esters is 1. The van der Waals surface area contributed by atoms with Crippen LogP contribution >= 0.6 is 0 Å². The highest BCUT2D eigenvalue weighted by Gasteiger charge is 2.58. The molecule has 0 aromatic rings. The Morgan fingerprint density at radius 2 is 1.56 bits per heavy atom. The zero-order valence-corrected chi connectivity index (χ0v) is 10.7. The molecule has 0 aromatic heterocycles. The van der Waals surface area contributed by atoms with Crippen LogP contribution in [-0.2, 0) is 14.3 Å². The molecule has 4 bridgehead atoms. The van der Waals surface area contributed by atoms with Crippen molar-refractivity contribution in [3.63, 3.8) is 0 Å². The Bertz CT molecular complexity index is 352. The monoisotopic (exact) mass is 252 g/mol. The van der Waals surface area contributed by atoms with Crippen LogP contribution < -0.4 is 0 Å². The lowest BCUT2D eigenvalue weighted by Crippen LogP contribution is -2.53. The summed E-state index contributed by atoms with van der Waals surface area (Å²) >= 11 is 0. The Kier molecular flexibility index (Phi) is 2.65. The number of hydrogen-bond donors (Lipinski definition) is 1. The molecule has 4 fully saturated rings. The number of ether oxygens (including phenoxy) is 1. The zero-order chi connectivity index (χ0) is 12.9. The lowest BCUT2D eigenvalue weighted by atomic mass is 9.46. The van der Waals surface area contributed by atoms with E-state index in [9.17, 15) is 14.7 Å². The van der Waals surface area contributed by atoms with E-state index in [-0.39, 0.29) is 5.41 Å². The quantitative estimate of drug-likeness (QED) is 0.617. The van der Waals surface area contributed by atoms with Gasteiger partial charge in [0, 0.05) is 0 Å². The van der Waals surface area contributed by atoms with E-state index in [1.165, 1.54) is 26.4 Å². The summed E-state index contributed by atoms with van der Waals surface area (Å²) in [6.45, 7) is 0. The fourth-order valence-corrected chi connectivity index (χ4v) is 5.26. The Morgan fingerprint density at radius 1 is 1.11 bits per heavy atom. The standard InChI is InChI=1S/C14H20O4/c1-18-13(17)11(12(15)16)14-5-8-2-9(6-14)4-10(3-8)7-14/h8-11H,2-7H2,1H3,(H,15,16)/t8?,9?,10?,11-,14?/m0/s1. The van der Waals surface area contributed by atoms with E-state index >= 15 is 0 Å². The molecule has 4 nitrogen and oxygen atoms in total. The third-order valence-corrected chi connectivity index (χ3v) is 5.38. The maximum Gasteiger partial charge on any atom is 0.320 e. The molecule has 4 rings (SSSR count). The number of hydrogen-bond acceptors (Lipinski definition) is 3. The van der Waals surface area contributed by atoms with Gasteiger partial charge in [0.1, 0.15) is 0 Å². The van der Waals surface area contributed by atoms with Gasteiger partial charge in [0.05, 0.1) is 7.11 Å². The molecule has 0 spiro atoms. The van der Waals surface area contributed by atoms with E-state index in [1.54, 1.807) is 0 Å². The molecule has 4 saturated carbocycles. The fourth-order valence-electron chi connectivity index (χ4n) is 5.26. The smallest absolute Gasteiger partial charge is 0.320 e. The van der Waals surface area contributed by atoms with Gasteiger partial charge in [-0.05, 0) is 61.7 Å². The van der Waals surface area contributed by atoms with Crippen LogP contribution in [0.25, 0.3) is 0 Å². The molecular formula is C14H20O4. The molecule has 4 aliphatic rings. The van der Waals surface area contributed by atoms with Crippen LogP contribution in [0.5, 0.6) is 0 Å². The van der Waals surface area contributed by atoms with E-state index in [0.29, 0.717) is 17.8 Å². The van der Waals surface area contributed by atoms with Gasteiger partial charge in [0.15, 0.2) is 5.92 Å². The van der Waals surface area contributed by atoms with Crippen LogP contribution in [0.2, 0.25) is 0 Å². The molecule has 0 saturated heterocycles. The number of carbonyl (C=O) groups excluding carboxylic acids is 1. The summed E-state index contributed by atoms with van der Waals surface area (Å²) in [6, 6.07) is 0. The predicted octanol–water partition coefficient (Wildman–Crippen LogP) is 2.08. The zero-order valence-electron chi connectivity index (χ0n) is 10.7. The molecule has 0 aliphatic heterocycles. The second-order valence-electron chi connectivity index (χ2n) is 6.57. The van der Waals surface area contributed by atoms with Gasteiger partial charge in [-0.25, -0.2) is 0 Å². The van der Waals surface area contributed by atoms with Gasteiger partial charge >= 0.3 is 11.9 Å². The Hall–Kier alpha value is -1.06. The molecule has 4 heteroatoms. The Labute approximate surface area is 107 Å². The van der Waals surface area contributed by atoms with E-state index in [2.05, 4.69) is 0 Å². The van der Waals surface area contributed by atoms with Crippen molar-refractivity contribution in [2.75, 3.05) is 7.11 Å². The maximum absolute atomic E-state index is 11.9. The largest absolute Gasteiger partial charge is 0.481 e. The summed E-state index contributed by atoms with van der Waals surface area (Å²) in [5.41, 5.74) is -0.312. The summed E-state index contributed by atoms with van der Waals surface area (Å²) < 4.78 is 4.74. The number of rotatable bonds is 3. The van der Waals surface area contributed by atoms with E-state index in [0.717, 1.165) is 19.3 Å². The molecule has 0 unspecified atom stereocenters. The minimum atomic E-state index is -0.996. The van der Waals surface area contributed by atoms with Crippen molar-refractivity contribution in [2.45, 2.75) is 38.5 Å². The summed E-state index contributed by atoms with van der Waals surface area (Å²) in [5.74, 6) is -0.572. The minimum Gasteiger partial charge on any atom is -0.481 e. The number of aliphatic carboxylic acids is 1. The highest BCUT2D eigenvalue weighted by Crippen LogP contribution is 2.62. The molecule has 100 valence electrons. The number of methoxy groups -OCH3 is 1. The lowest BCUT2D eigenvalue weighted by molar-refractivity contribution is -0.174. The van der Waals surface area contributed by atoms with Gasteiger partial charge < -0.3 is 9.84 Å². The Morgan fingerprint density at radius 3 is 1.89 bits per heavy atom. The number of carboxylic acid groups (broad SMARTS) is 1. The van der Waals surface area contributed by atoms with Crippen LogP contribution in [0.1, 0.15) is 38.5 Å². The van der Waals surface area contributed by atoms with Crippen LogP contribution in [0.4, 0.5) is 0 Å². The van der Waals surface area contributed by atoms with Crippen molar-refractivity contribution in [3.05, 3.63) is 0 Å². The van der Waals surface area contributed by atoms with Crippen LogP contribution in [0, 0.1) is 29.1 Å². The Balaban J connectivity index is 1.93. The first-order valence-electron chi connectivity index (χ1n) is 6.85. The fraction of sp³-hybridized carbons (Fsp3) is 0.857. The summed E-state index contributed by atoms with van der Waals surface area (Å²) in [6.07, 6.45) is 6.45. The highest BCUT2D eigenvalue weighted by atomic mass is 16.5. The first-order valence-corrected chi connectivity index (χ1v) is 6.85. The molecule has 4 aliphatic carbocycles. The van der Waals surface area contributed by atoms with Gasteiger partial charge in [-0.3, -0.25) is 9.59 Å². The van der Waals surface area contributed by atoms with Gasteiger partial charge in [0.25, 0.3) is 0 Å². The van der Waals surface area contributed by atoms with Crippen LogP contribution in [-0.4, -0.2) is 24.2 Å². The molecule has 0 heterocycles. The summed E-state index contributed by atoms with van der Waals surface area (Å²) in [5, 5.41) is 9.43. The highest BCUT2D eigenvalue weighted by molar-refractivity contribution is 5.95. The molecule has 0 aromatic carbocycles. The van der Waals surface area contributed by atoms with Crippen molar-refractivity contribution >= 4 is 11.9 Å². The van der Waals surface area contributed by atoms with Crippen LogP contribution in [0.3, 0.4) is 0 Å². The van der Waals surface area contributed by atoms with Crippen molar-refractivity contribution in [2.24, 2.45) is 29.1 Å². The van der Waals surface area contributed by atoms with Crippen molar-refractivity contribution < 1.29 is 19.4 Å². The molecule has 1 atom stereocenters. The first kappa shape index (κ1) is 12.0. The lowest BCUT2D eigenvalue weighted by Gasteiger charge is -2.58. The average molecular weight is 252 g/mol. The van der Waals surface area contributed by atoms with E-state index < -0.39 is 17.9 Å². The van der Waals surface area contributed by atoms with Crippen molar-refractivity contribution in [1.82, 2.24) is 0 Å². The molecule has 1 N–H and O–H groups in total. The van der Waals surface area contributed by atoms with Crippen molar-refractivity contribution in [1.29, 1.82) is 0 Å². The summed E-state index contributed by atoms with van der Waals surface area (Å²) in [4.78, 5) is 23.4. The third kappa shape index (κ3) is 1.65. The first-order chi connectivity index (χ1) is 8.54. The van der Waals surface area contributed by atoms with Gasteiger partial charge in [-0.1, -0.05) is 0 Å². The molecule has 18 heavy (non-hydrogen) atoms. The van der Waals surface area contributed by atoms with E-state index in [4.69, 9.17) is 4.74 Å². The maximum atomic E-state index is 11.9. The normalized spacial score (nSPS) is 42.6. The van der Waals surface area contributed by atoms with Gasteiger partial charge in [-0.15, -0.1) is 0 Å². The third-order valence-electron chi connectivity index (χ3n) is 5.38. The van der Waals surface area contributed by atoms with Crippen LogP contribution in [0.15, 0.2) is 0 Å². The predicted molar refractivity (Wildman–Crippen MR) is 63.7 cm³/mol. The summed E-state index contributed by atoms with van der Waals surface area (Å²) in [7, 11) is 1.29. The number of carbonyl (C=O) groups is 2.